The molecule has 2 unspecified atom stereocenters. The van der Waals surface area contributed by atoms with Crippen molar-refractivity contribution < 1.29 is 9.53 Å². The molecule has 2 aliphatic rings. The molecular weight excluding hydrogens is 442 g/mol. The van der Waals surface area contributed by atoms with Crippen LogP contribution in [0, 0.1) is 6.92 Å². The Morgan fingerprint density at radius 2 is 2.06 bits per heavy atom. The topological polar surface area (TPSA) is 90.4 Å². The molecule has 8 nitrogen and oxygen atoms in total. The molecule has 9 heteroatoms. The quantitative estimate of drug-likeness (QED) is 0.683. The van der Waals surface area contributed by atoms with Crippen LogP contribution >= 0.6 is 11.6 Å². The number of pyridine rings is 1. The van der Waals surface area contributed by atoms with Crippen LogP contribution in [0.25, 0.3) is 0 Å². The van der Waals surface area contributed by atoms with Crippen molar-refractivity contribution in [1.82, 2.24) is 14.9 Å². The molecule has 0 saturated carbocycles. The molecule has 1 N–H and O–H groups in total. The zero-order chi connectivity index (χ0) is 23.9. The first-order valence-electron chi connectivity index (χ1n) is 11.2. The van der Waals surface area contributed by atoms with E-state index in [9.17, 15) is 9.59 Å². The van der Waals surface area contributed by atoms with E-state index in [4.69, 9.17) is 16.3 Å². The number of aromatic amines is 1. The van der Waals surface area contributed by atoms with Crippen molar-refractivity contribution in [3.63, 3.8) is 0 Å². The van der Waals surface area contributed by atoms with Crippen LogP contribution in [0.2, 0.25) is 5.02 Å². The van der Waals surface area contributed by atoms with Crippen LogP contribution in [0.5, 0.6) is 0 Å². The molecule has 0 spiro atoms. The molecule has 1 aromatic carbocycles. The molecule has 176 valence electrons. The Kier molecular flexibility index (Phi) is 6.59. The smallest absolute Gasteiger partial charge is 0.255 e. The predicted octanol–water partition coefficient (Wildman–Crippen LogP) is 4.20. The first kappa shape index (κ1) is 23.4. The Balaban J connectivity index is 1.65. The summed E-state index contributed by atoms with van der Waals surface area (Å²) in [6, 6.07) is 5.69. The molecule has 3 heterocycles. The van der Waals surface area contributed by atoms with Gasteiger partial charge in [-0.05, 0) is 56.9 Å². The average molecular weight is 472 g/mol. The molecule has 2 atom stereocenters. The summed E-state index contributed by atoms with van der Waals surface area (Å²) in [7, 11) is 1.85. The number of ether oxygens (including phenoxy) is 1. The van der Waals surface area contributed by atoms with Crippen LogP contribution in [-0.2, 0) is 24.3 Å². The average Bonchev–Trinajstić information content (AvgIpc) is 3.08. The van der Waals surface area contributed by atoms with Crippen molar-refractivity contribution >= 4 is 17.5 Å². The normalized spacial score (nSPS) is 20.2. The molecule has 2 aromatic rings. The Bertz CT molecular complexity index is 1150. The Labute approximate surface area is 198 Å². The second-order valence-electron chi connectivity index (χ2n) is 9.09. The van der Waals surface area contributed by atoms with Crippen molar-refractivity contribution in [1.29, 1.82) is 0 Å². The first-order valence-corrected chi connectivity index (χ1v) is 11.6. The number of hydrogen-bond donors (Lipinski definition) is 1. The number of nitrogens with one attached hydrogen (secondary N) is 1. The molecule has 0 saturated heterocycles. The molecule has 1 aromatic heterocycles. The van der Waals surface area contributed by atoms with E-state index in [1.54, 1.807) is 9.91 Å². The van der Waals surface area contributed by atoms with E-state index in [1.165, 1.54) is 0 Å². The Morgan fingerprint density at radius 3 is 2.73 bits per heavy atom. The number of rotatable bonds is 6. The molecule has 33 heavy (non-hydrogen) atoms. The number of carbonyl (C=O) groups excluding carboxylic acids is 1. The van der Waals surface area contributed by atoms with E-state index in [0.717, 1.165) is 22.4 Å². The molecule has 0 bridgehead atoms. The van der Waals surface area contributed by atoms with Gasteiger partial charge in [-0.3, -0.25) is 14.6 Å². The van der Waals surface area contributed by atoms with E-state index < -0.39 is 0 Å². The maximum atomic E-state index is 13.6. The molecule has 0 radical (unpaired) electrons. The predicted molar refractivity (Wildman–Crippen MR) is 126 cm³/mol. The number of halogens is 1. The van der Waals surface area contributed by atoms with Gasteiger partial charge in [-0.15, -0.1) is 0 Å². The second-order valence-corrected chi connectivity index (χ2v) is 9.47. The van der Waals surface area contributed by atoms with Gasteiger partial charge in [0, 0.05) is 24.8 Å². The van der Waals surface area contributed by atoms with Gasteiger partial charge in [-0.25, -0.2) is 0 Å². The standard InChI is InChI=1S/C24H30ClN5O3/c1-13(2)33-12-17-10-14(3)26-23(31)19(17)11-30-9-8-16-6-7-18(21(25)20(16)24(30)32)22-15(4)27-28-29(22)5/h6-7,10,13,15,22H,8-9,11-12H2,1-5H3,(H,26,31). The Morgan fingerprint density at radius 1 is 1.30 bits per heavy atom. The first-order chi connectivity index (χ1) is 15.7. The fraction of sp³-hybridized carbons (Fsp3) is 0.500. The number of fused-ring (bicyclic) bond motifs is 1. The maximum absolute atomic E-state index is 13.6. The lowest BCUT2D eigenvalue weighted by molar-refractivity contribution is 0.0632. The minimum absolute atomic E-state index is 0.0350. The van der Waals surface area contributed by atoms with Gasteiger partial charge in [-0.1, -0.05) is 29.0 Å². The highest BCUT2D eigenvalue weighted by Crippen LogP contribution is 2.39. The SMILES string of the molecule is Cc1cc(COC(C)C)c(CN2CCc3ccc(C4C(C)N=NN4C)c(Cl)c3C2=O)c(=O)[nH]1. The van der Waals surface area contributed by atoms with Crippen LogP contribution in [0.1, 0.15) is 65.1 Å². The van der Waals surface area contributed by atoms with Gasteiger partial charge in [0.25, 0.3) is 11.5 Å². The minimum Gasteiger partial charge on any atom is -0.374 e. The van der Waals surface area contributed by atoms with Crippen molar-refractivity contribution in [3.8, 4) is 0 Å². The van der Waals surface area contributed by atoms with Crippen LogP contribution in [0.3, 0.4) is 0 Å². The van der Waals surface area contributed by atoms with Gasteiger partial charge < -0.3 is 14.6 Å². The van der Waals surface area contributed by atoms with E-state index >= 15 is 0 Å². The highest BCUT2D eigenvalue weighted by atomic mass is 35.5. The van der Waals surface area contributed by atoms with Crippen LogP contribution in [0.4, 0.5) is 0 Å². The summed E-state index contributed by atoms with van der Waals surface area (Å²) in [6.45, 7) is 8.76. The summed E-state index contributed by atoms with van der Waals surface area (Å²) in [5.41, 5.74) is 4.19. The lowest BCUT2D eigenvalue weighted by atomic mass is 9.91. The summed E-state index contributed by atoms with van der Waals surface area (Å²) in [5.74, 6) is -0.166. The van der Waals surface area contributed by atoms with Gasteiger partial charge in [-0.2, -0.15) is 5.11 Å². The van der Waals surface area contributed by atoms with E-state index in [2.05, 4.69) is 15.3 Å². The van der Waals surface area contributed by atoms with Gasteiger partial charge in [0.2, 0.25) is 0 Å². The lowest BCUT2D eigenvalue weighted by Crippen LogP contribution is -2.39. The number of carbonyl (C=O) groups is 1. The summed E-state index contributed by atoms with van der Waals surface area (Å²) >= 11 is 6.82. The number of likely N-dealkylation sites (N-methyl/N-ethyl adjacent to an activating group) is 1. The third-order valence-electron chi connectivity index (χ3n) is 6.25. The fourth-order valence-corrected chi connectivity index (χ4v) is 4.93. The van der Waals surface area contributed by atoms with Crippen molar-refractivity contribution in [3.05, 3.63) is 67.1 Å². The number of aryl methyl sites for hydroxylation is 1. The third-order valence-corrected chi connectivity index (χ3v) is 6.65. The summed E-state index contributed by atoms with van der Waals surface area (Å²) < 4.78 is 5.76. The number of benzene rings is 1. The number of amides is 1. The zero-order valence-electron chi connectivity index (χ0n) is 19.7. The largest absolute Gasteiger partial charge is 0.374 e. The number of aromatic nitrogens is 1. The summed E-state index contributed by atoms with van der Waals surface area (Å²) in [6.07, 6.45) is 0.709. The van der Waals surface area contributed by atoms with Crippen molar-refractivity contribution in [2.45, 2.75) is 65.5 Å². The molecule has 0 fully saturated rings. The number of nitrogens with zero attached hydrogens (tertiary/aromatic N) is 4. The van der Waals surface area contributed by atoms with Crippen LogP contribution in [0.15, 0.2) is 33.3 Å². The lowest BCUT2D eigenvalue weighted by Gasteiger charge is -2.31. The number of H-pyrrole nitrogens is 1. The fourth-order valence-electron chi connectivity index (χ4n) is 4.56. The molecule has 2 aliphatic heterocycles. The second kappa shape index (κ2) is 9.27. The summed E-state index contributed by atoms with van der Waals surface area (Å²) in [4.78, 5) is 30.9. The van der Waals surface area contributed by atoms with Gasteiger partial charge in [0.15, 0.2) is 0 Å². The van der Waals surface area contributed by atoms with E-state index in [0.29, 0.717) is 35.7 Å². The molecule has 1 amide bonds. The third kappa shape index (κ3) is 4.54. The van der Waals surface area contributed by atoms with Crippen molar-refractivity contribution in [2.24, 2.45) is 10.3 Å². The monoisotopic (exact) mass is 471 g/mol. The van der Waals surface area contributed by atoms with Gasteiger partial charge >= 0.3 is 0 Å². The molecular formula is C24H30ClN5O3. The highest BCUT2D eigenvalue weighted by molar-refractivity contribution is 6.35. The highest BCUT2D eigenvalue weighted by Gasteiger charge is 2.35. The van der Waals surface area contributed by atoms with E-state index in [-0.39, 0.29) is 36.2 Å². The Hall–Kier alpha value is -2.71. The molecule has 0 aliphatic carbocycles. The number of hydrogen-bond acceptors (Lipinski definition) is 6. The van der Waals surface area contributed by atoms with Crippen LogP contribution < -0.4 is 5.56 Å². The summed E-state index contributed by atoms with van der Waals surface area (Å²) in [5, 5.41) is 10.6. The van der Waals surface area contributed by atoms with Crippen molar-refractivity contribution in [2.75, 3.05) is 13.6 Å². The van der Waals surface area contributed by atoms with Gasteiger partial charge in [0.05, 0.1) is 41.9 Å². The maximum Gasteiger partial charge on any atom is 0.255 e. The minimum atomic E-state index is -0.194. The van der Waals surface area contributed by atoms with Crippen LogP contribution in [-0.4, -0.2) is 46.5 Å². The van der Waals surface area contributed by atoms with E-state index in [1.807, 2.05) is 52.9 Å². The molecule has 4 rings (SSSR count). The van der Waals surface area contributed by atoms with Gasteiger partial charge in [0.1, 0.15) is 0 Å². The zero-order valence-corrected chi connectivity index (χ0v) is 20.4.